The van der Waals surface area contributed by atoms with Crippen LogP contribution in [-0.4, -0.2) is 15.5 Å². The van der Waals surface area contributed by atoms with Crippen molar-refractivity contribution in [2.75, 3.05) is 5.32 Å². The number of hydrogen-bond acceptors (Lipinski definition) is 4. The van der Waals surface area contributed by atoms with Gasteiger partial charge in [-0.25, -0.2) is 4.98 Å². The predicted molar refractivity (Wildman–Crippen MR) is 108 cm³/mol. The van der Waals surface area contributed by atoms with Gasteiger partial charge >= 0.3 is 0 Å². The summed E-state index contributed by atoms with van der Waals surface area (Å²) in [6, 6.07) is 7.44. The van der Waals surface area contributed by atoms with Gasteiger partial charge in [0.1, 0.15) is 10.7 Å². The second-order valence-electron chi connectivity index (χ2n) is 6.50. The molecule has 0 spiro atoms. The molecule has 1 aliphatic heterocycles. The summed E-state index contributed by atoms with van der Waals surface area (Å²) in [4.78, 5) is 31.7. The van der Waals surface area contributed by atoms with Crippen molar-refractivity contribution in [2.24, 2.45) is 0 Å². The second-order valence-corrected chi connectivity index (χ2v) is 8.41. The molecule has 1 aliphatic rings. The van der Waals surface area contributed by atoms with Crippen molar-refractivity contribution in [3.8, 4) is 0 Å². The van der Waals surface area contributed by atoms with Crippen LogP contribution in [0.2, 0.25) is 0 Å². The first-order valence-corrected chi connectivity index (χ1v) is 10.3. The first-order valence-electron chi connectivity index (χ1n) is 8.64. The summed E-state index contributed by atoms with van der Waals surface area (Å²) in [5, 5.41) is 3.49. The maximum Gasteiger partial charge on any atom is 0.266 e. The Morgan fingerprint density at radius 2 is 2.15 bits per heavy atom. The van der Waals surface area contributed by atoms with Crippen molar-refractivity contribution in [2.45, 2.75) is 39.2 Å². The summed E-state index contributed by atoms with van der Waals surface area (Å²) in [6.07, 6.45) is 4.00. The summed E-state index contributed by atoms with van der Waals surface area (Å²) in [5.41, 5.74) is 1.42. The van der Waals surface area contributed by atoms with Crippen LogP contribution in [0.15, 0.2) is 33.5 Å². The molecule has 0 saturated heterocycles. The molecule has 0 bridgehead atoms. The van der Waals surface area contributed by atoms with Crippen molar-refractivity contribution in [1.82, 2.24) is 9.55 Å². The van der Waals surface area contributed by atoms with Gasteiger partial charge in [0.15, 0.2) is 0 Å². The molecule has 134 valence electrons. The standard InChI is InChI=1S/C19H18BrN3O2S/c1-11-15-18(22-14-8-3-2-4-9-23(14)19(15)25)26-16(11)17(24)21-13-7-5-6-12(20)10-13/h5-7,10H,2-4,8-9H2,1H3,(H,21,24). The van der Waals surface area contributed by atoms with Gasteiger partial charge in [0.2, 0.25) is 0 Å². The van der Waals surface area contributed by atoms with Crippen molar-refractivity contribution in [3.05, 3.63) is 55.4 Å². The molecule has 0 radical (unpaired) electrons. The van der Waals surface area contributed by atoms with E-state index in [1.807, 2.05) is 31.2 Å². The molecule has 7 heteroatoms. The lowest BCUT2D eigenvalue weighted by molar-refractivity contribution is 0.103. The quantitative estimate of drug-likeness (QED) is 0.648. The molecular formula is C19H18BrN3O2S. The molecule has 0 atom stereocenters. The third-order valence-electron chi connectivity index (χ3n) is 4.70. The second kappa shape index (κ2) is 6.96. The number of aromatic nitrogens is 2. The van der Waals surface area contributed by atoms with Gasteiger partial charge in [0, 0.05) is 23.1 Å². The summed E-state index contributed by atoms with van der Waals surface area (Å²) >= 11 is 4.70. The minimum atomic E-state index is -0.205. The highest BCUT2D eigenvalue weighted by Gasteiger charge is 2.22. The van der Waals surface area contributed by atoms with Gasteiger partial charge in [-0.2, -0.15) is 0 Å². The highest BCUT2D eigenvalue weighted by atomic mass is 79.9. The van der Waals surface area contributed by atoms with E-state index < -0.39 is 0 Å². The minimum absolute atomic E-state index is 0.0119. The lowest BCUT2D eigenvalue weighted by Gasteiger charge is -2.08. The van der Waals surface area contributed by atoms with Gasteiger partial charge in [0.25, 0.3) is 11.5 Å². The van der Waals surface area contributed by atoms with E-state index in [0.29, 0.717) is 27.3 Å². The van der Waals surface area contributed by atoms with Gasteiger partial charge in [-0.05, 0) is 43.5 Å². The van der Waals surface area contributed by atoms with E-state index in [-0.39, 0.29) is 11.5 Å². The van der Waals surface area contributed by atoms with Crippen LogP contribution in [0.25, 0.3) is 10.2 Å². The molecule has 3 aromatic rings. The van der Waals surface area contributed by atoms with Crippen LogP contribution in [0.4, 0.5) is 5.69 Å². The fraction of sp³-hybridized carbons (Fsp3) is 0.316. The molecule has 1 aromatic carbocycles. The number of nitrogens with one attached hydrogen (secondary N) is 1. The Morgan fingerprint density at radius 1 is 1.31 bits per heavy atom. The zero-order valence-corrected chi connectivity index (χ0v) is 16.7. The molecule has 0 aliphatic carbocycles. The van der Waals surface area contributed by atoms with Crippen LogP contribution in [0.1, 0.15) is 40.3 Å². The summed E-state index contributed by atoms with van der Waals surface area (Å²) < 4.78 is 2.69. The lowest BCUT2D eigenvalue weighted by Crippen LogP contribution is -2.24. The van der Waals surface area contributed by atoms with E-state index in [2.05, 4.69) is 21.2 Å². The summed E-state index contributed by atoms with van der Waals surface area (Å²) in [6.45, 7) is 2.55. The number of thiophene rings is 1. The van der Waals surface area contributed by atoms with Gasteiger partial charge in [-0.15, -0.1) is 11.3 Å². The molecule has 0 unspecified atom stereocenters. The van der Waals surface area contributed by atoms with Crippen LogP contribution in [0.3, 0.4) is 0 Å². The molecule has 5 nitrogen and oxygen atoms in total. The number of nitrogens with zero attached hydrogens (tertiary/aromatic N) is 2. The Balaban J connectivity index is 1.77. The number of anilines is 1. The average Bonchev–Trinajstić information content (AvgIpc) is 2.78. The van der Waals surface area contributed by atoms with E-state index >= 15 is 0 Å². The molecule has 4 rings (SSSR count). The van der Waals surface area contributed by atoms with Gasteiger partial charge in [-0.3, -0.25) is 14.2 Å². The van der Waals surface area contributed by atoms with Crippen molar-refractivity contribution < 1.29 is 4.79 Å². The highest BCUT2D eigenvalue weighted by Crippen LogP contribution is 2.29. The molecule has 3 heterocycles. The lowest BCUT2D eigenvalue weighted by atomic mass is 10.2. The van der Waals surface area contributed by atoms with Crippen LogP contribution in [0, 0.1) is 6.92 Å². The number of hydrogen-bond donors (Lipinski definition) is 1. The van der Waals surface area contributed by atoms with Crippen molar-refractivity contribution in [1.29, 1.82) is 0 Å². The number of halogens is 1. The fourth-order valence-electron chi connectivity index (χ4n) is 3.38. The van der Waals surface area contributed by atoms with E-state index in [4.69, 9.17) is 4.98 Å². The van der Waals surface area contributed by atoms with Gasteiger partial charge < -0.3 is 5.32 Å². The molecule has 26 heavy (non-hydrogen) atoms. The number of fused-ring (bicyclic) bond motifs is 2. The minimum Gasteiger partial charge on any atom is -0.321 e. The Labute approximate surface area is 163 Å². The summed E-state index contributed by atoms with van der Waals surface area (Å²) in [5.74, 6) is 0.642. The molecule has 1 N–H and O–H groups in total. The first-order chi connectivity index (χ1) is 12.5. The Morgan fingerprint density at radius 3 is 2.96 bits per heavy atom. The normalized spacial score (nSPS) is 14.1. The van der Waals surface area contributed by atoms with Gasteiger partial charge in [0.05, 0.1) is 10.3 Å². The van der Waals surface area contributed by atoms with E-state index in [1.165, 1.54) is 11.3 Å². The molecule has 0 fully saturated rings. The monoisotopic (exact) mass is 431 g/mol. The number of carbonyl (C=O) groups excluding carboxylic acids is 1. The Hall–Kier alpha value is -1.99. The molecule has 1 amide bonds. The number of rotatable bonds is 2. The third kappa shape index (κ3) is 3.10. The zero-order chi connectivity index (χ0) is 18.3. The van der Waals surface area contributed by atoms with Crippen molar-refractivity contribution in [3.63, 3.8) is 0 Å². The molecule has 0 saturated carbocycles. The zero-order valence-electron chi connectivity index (χ0n) is 14.3. The Bertz CT molecular complexity index is 1070. The number of aryl methyl sites for hydroxylation is 2. The highest BCUT2D eigenvalue weighted by molar-refractivity contribution is 9.10. The number of amides is 1. The Kier molecular flexibility index (Phi) is 4.67. The molecular weight excluding hydrogens is 414 g/mol. The van der Waals surface area contributed by atoms with E-state index in [0.717, 1.165) is 41.5 Å². The largest absolute Gasteiger partial charge is 0.321 e. The topological polar surface area (TPSA) is 64.0 Å². The third-order valence-corrected chi connectivity index (χ3v) is 6.38. The van der Waals surface area contributed by atoms with E-state index in [9.17, 15) is 9.59 Å². The predicted octanol–water partition coefficient (Wildman–Crippen LogP) is 4.51. The van der Waals surface area contributed by atoms with E-state index in [1.54, 1.807) is 4.57 Å². The maximum absolute atomic E-state index is 13.0. The summed E-state index contributed by atoms with van der Waals surface area (Å²) in [7, 11) is 0. The number of carbonyl (C=O) groups is 1. The fourth-order valence-corrected chi connectivity index (χ4v) is 4.87. The van der Waals surface area contributed by atoms with Crippen LogP contribution < -0.4 is 10.9 Å². The van der Waals surface area contributed by atoms with Crippen LogP contribution in [0.5, 0.6) is 0 Å². The smallest absolute Gasteiger partial charge is 0.266 e. The first kappa shape index (κ1) is 17.4. The average molecular weight is 432 g/mol. The SMILES string of the molecule is Cc1c(C(=O)Nc2cccc(Br)c2)sc2nc3n(c(=O)c12)CCCCC3. The van der Waals surface area contributed by atoms with Crippen molar-refractivity contribution >= 4 is 49.1 Å². The maximum atomic E-state index is 13.0. The van der Waals surface area contributed by atoms with Gasteiger partial charge in [-0.1, -0.05) is 28.4 Å². The number of benzene rings is 1. The van der Waals surface area contributed by atoms with Crippen LogP contribution in [-0.2, 0) is 13.0 Å². The van der Waals surface area contributed by atoms with Crippen LogP contribution >= 0.6 is 27.3 Å². The molecule has 2 aromatic heterocycles.